The van der Waals surface area contributed by atoms with Crippen molar-refractivity contribution in [3.8, 4) is 0 Å². The van der Waals surface area contributed by atoms with Gasteiger partial charge in [0.1, 0.15) is 0 Å². The van der Waals surface area contributed by atoms with Crippen molar-refractivity contribution in [1.29, 1.82) is 0 Å². The molecular weight excluding hydrogens is 282 g/mol. The van der Waals surface area contributed by atoms with E-state index in [0.717, 1.165) is 0 Å². The minimum absolute atomic E-state index is 0.0693. The van der Waals surface area contributed by atoms with Gasteiger partial charge in [0.2, 0.25) is 12.0 Å². The van der Waals surface area contributed by atoms with E-state index in [-0.39, 0.29) is 30.8 Å². The number of fused-ring (bicyclic) bond motifs is 3. The summed E-state index contributed by atoms with van der Waals surface area (Å²) in [6.45, 7) is 5.70. The number of esters is 2. The Bertz CT molecular complexity index is 449. The van der Waals surface area contributed by atoms with Crippen LogP contribution in [-0.4, -0.2) is 30.6 Å². The van der Waals surface area contributed by atoms with E-state index in [1.54, 1.807) is 0 Å². The van der Waals surface area contributed by atoms with E-state index < -0.39 is 23.4 Å². The van der Waals surface area contributed by atoms with Crippen molar-refractivity contribution in [3.05, 3.63) is 0 Å². The van der Waals surface area contributed by atoms with E-state index in [2.05, 4.69) is 0 Å². The van der Waals surface area contributed by atoms with Crippen LogP contribution in [0.25, 0.3) is 0 Å². The molecule has 3 fully saturated rings. The lowest BCUT2D eigenvalue weighted by molar-refractivity contribution is -0.235. The molecule has 0 N–H and O–H groups in total. The van der Waals surface area contributed by atoms with Gasteiger partial charge in [0.05, 0.1) is 12.0 Å². The average Bonchev–Trinajstić information content (AvgIpc) is 2.36. The number of alkyl halides is 2. The molecule has 2 unspecified atom stereocenters. The molecule has 0 amide bonds. The SMILES string of the molecule is CC1(C)CC2(C(=O)OCCCC(F)F)CCC1(C)C(=O)O2. The molecule has 0 radical (unpaired) electrons. The van der Waals surface area contributed by atoms with Crippen LogP contribution in [0, 0.1) is 10.8 Å². The van der Waals surface area contributed by atoms with Crippen LogP contribution in [0.5, 0.6) is 0 Å². The smallest absolute Gasteiger partial charge is 0.350 e. The van der Waals surface area contributed by atoms with Gasteiger partial charge in [-0.05, 0) is 31.6 Å². The van der Waals surface area contributed by atoms with Crippen molar-refractivity contribution >= 4 is 11.9 Å². The third-order valence-electron chi connectivity index (χ3n) is 5.16. The van der Waals surface area contributed by atoms with E-state index in [9.17, 15) is 18.4 Å². The summed E-state index contributed by atoms with van der Waals surface area (Å²) < 4.78 is 34.6. The molecule has 2 atom stereocenters. The van der Waals surface area contributed by atoms with Gasteiger partial charge in [-0.3, -0.25) is 4.79 Å². The summed E-state index contributed by atoms with van der Waals surface area (Å²) in [6.07, 6.45) is -1.17. The molecule has 6 heteroatoms. The zero-order valence-corrected chi connectivity index (χ0v) is 12.7. The summed E-state index contributed by atoms with van der Waals surface area (Å²) in [6, 6.07) is 0. The van der Waals surface area contributed by atoms with Gasteiger partial charge in [0.15, 0.2) is 0 Å². The summed E-state index contributed by atoms with van der Waals surface area (Å²) in [4.78, 5) is 24.5. The highest BCUT2D eigenvalue weighted by molar-refractivity contribution is 5.89. The second-order valence-electron chi connectivity index (χ2n) is 6.95. The first-order valence-electron chi connectivity index (χ1n) is 7.32. The fraction of sp³-hybridized carbons (Fsp3) is 0.867. The average molecular weight is 304 g/mol. The van der Waals surface area contributed by atoms with Gasteiger partial charge in [0.25, 0.3) is 0 Å². The second-order valence-corrected chi connectivity index (χ2v) is 6.95. The first-order chi connectivity index (χ1) is 9.63. The summed E-state index contributed by atoms with van der Waals surface area (Å²) >= 11 is 0. The van der Waals surface area contributed by atoms with Crippen LogP contribution < -0.4 is 0 Å². The van der Waals surface area contributed by atoms with E-state index in [1.807, 2.05) is 20.8 Å². The zero-order valence-electron chi connectivity index (χ0n) is 12.7. The maximum Gasteiger partial charge on any atom is 0.350 e. The first kappa shape index (κ1) is 16.2. The predicted octanol–water partition coefficient (Wildman–Crippen LogP) is 3.09. The number of ether oxygens (including phenoxy) is 2. The summed E-state index contributed by atoms with van der Waals surface area (Å²) in [5.41, 5.74) is -2.17. The first-order valence-corrected chi connectivity index (χ1v) is 7.32. The van der Waals surface area contributed by atoms with Crippen LogP contribution in [0.3, 0.4) is 0 Å². The second kappa shape index (κ2) is 5.21. The number of carbonyl (C=O) groups is 2. The van der Waals surface area contributed by atoms with Gasteiger partial charge in [0, 0.05) is 12.8 Å². The fourth-order valence-corrected chi connectivity index (χ4v) is 3.29. The topological polar surface area (TPSA) is 52.6 Å². The molecule has 4 nitrogen and oxygen atoms in total. The minimum atomic E-state index is -2.40. The molecule has 3 aliphatic rings. The number of rotatable bonds is 5. The lowest BCUT2D eigenvalue weighted by atomic mass is 9.53. The van der Waals surface area contributed by atoms with Crippen molar-refractivity contribution < 1.29 is 27.8 Å². The summed E-state index contributed by atoms with van der Waals surface area (Å²) in [5, 5.41) is 0. The Hall–Kier alpha value is -1.20. The highest BCUT2D eigenvalue weighted by Crippen LogP contribution is 2.59. The molecule has 2 bridgehead atoms. The maximum absolute atomic E-state index is 12.3. The molecule has 0 aromatic heterocycles. The Morgan fingerprint density at radius 1 is 1.33 bits per heavy atom. The largest absolute Gasteiger partial charge is 0.463 e. The third-order valence-corrected chi connectivity index (χ3v) is 5.16. The molecule has 0 spiro atoms. The molecular formula is C15H22F2O4. The minimum Gasteiger partial charge on any atom is -0.463 e. The highest BCUT2D eigenvalue weighted by atomic mass is 19.3. The molecule has 0 aromatic carbocycles. The van der Waals surface area contributed by atoms with Gasteiger partial charge < -0.3 is 9.47 Å². The van der Waals surface area contributed by atoms with E-state index >= 15 is 0 Å². The molecule has 1 saturated carbocycles. The molecule has 120 valence electrons. The van der Waals surface area contributed by atoms with E-state index in [0.29, 0.717) is 19.3 Å². The van der Waals surface area contributed by atoms with Crippen molar-refractivity contribution in [2.24, 2.45) is 10.8 Å². The van der Waals surface area contributed by atoms with Gasteiger partial charge in [-0.1, -0.05) is 13.8 Å². The van der Waals surface area contributed by atoms with Gasteiger partial charge in [-0.25, -0.2) is 13.6 Å². The Morgan fingerprint density at radius 3 is 2.52 bits per heavy atom. The van der Waals surface area contributed by atoms with Crippen LogP contribution in [0.4, 0.5) is 8.78 Å². The van der Waals surface area contributed by atoms with Crippen molar-refractivity contribution in [2.75, 3.05) is 6.61 Å². The number of hydrogen-bond acceptors (Lipinski definition) is 4. The Kier molecular flexibility index (Phi) is 4.02. The van der Waals surface area contributed by atoms with Gasteiger partial charge >= 0.3 is 11.9 Å². The van der Waals surface area contributed by atoms with Crippen LogP contribution in [0.15, 0.2) is 0 Å². The van der Waals surface area contributed by atoms with Crippen LogP contribution in [0.2, 0.25) is 0 Å². The Balaban J connectivity index is 2.02. The normalized spacial score (nSPS) is 33.9. The predicted molar refractivity (Wildman–Crippen MR) is 70.8 cm³/mol. The quantitative estimate of drug-likeness (QED) is 0.578. The number of carbonyl (C=O) groups excluding carboxylic acids is 2. The lowest BCUT2D eigenvalue weighted by Crippen LogP contribution is -2.64. The maximum atomic E-state index is 12.3. The third kappa shape index (κ3) is 2.64. The molecule has 1 aliphatic carbocycles. The van der Waals surface area contributed by atoms with Crippen molar-refractivity contribution in [1.82, 2.24) is 0 Å². The lowest BCUT2D eigenvalue weighted by Gasteiger charge is -2.57. The number of hydrogen-bond donors (Lipinski definition) is 0. The number of halogens is 2. The standard InChI is InChI=1S/C15H22F2O4/c1-13(2)9-15(7-6-14(13,3)11(18)21-15)12(19)20-8-4-5-10(16)17/h10H,4-9H2,1-3H3. The van der Waals surface area contributed by atoms with E-state index in [4.69, 9.17) is 9.47 Å². The molecule has 2 heterocycles. The summed E-state index contributed by atoms with van der Waals surface area (Å²) in [5.74, 6) is -0.963. The van der Waals surface area contributed by atoms with Crippen molar-refractivity contribution in [3.63, 3.8) is 0 Å². The van der Waals surface area contributed by atoms with Crippen molar-refractivity contribution in [2.45, 2.75) is 64.9 Å². The van der Waals surface area contributed by atoms with Crippen LogP contribution >= 0.6 is 0 Å². The molecule has 3 rings (SSSR count). The van der Waals surface area contributed by atoms with Crippen LogP contribution in [0.1, 0.15) is 52.9 Å². The monoisotopic (exact) mass is 304 g/mol. The molecule has 0 aromatic rings. The van der Waals surface area contributed by atoms with Gasteiger partial charge in [-0.15, -0.1) is 0 Å². The van der Waals surface area contributed by atoms with Gasteiger partial charge in [-0.2, -0.15) is 0 Å². The summed E-state index contributed by atoms with van der Waals surface area (Å²) in [7, 11) is 0. The Labute approximate surface area is 123 Å². The van der Waals surface area contributed by atoms with E-state index in [1.165, 1.54) is 0 Å². The van der Waals surface area contributed by atoms with Crippen LogP contribution in [-0.2, 0) is 19.1 Å². The molecule has 2 saturated heterocycles. The Morgan fingerprint density at radius 2 is 2.00 bits per heavy atom. The molecule has 2 aliphatic heterocycles. The molecule has 21 heavy (non-hydrogen) atoms. The zero-order chi connectivity index (χ0) is 15.9. The fourth-order valence-electron chi connectivity index (χ4n) is 3.29. The highest BCUT2D eigenvalue weighted by Gasteiger charge is 2.66.